The summed E-state index contributed by atoms with van der Waals surface area (Å²) in [5.74, 6) is 0.468. The summed E-state index contributed by atoms with van der Waals surface area (Å²) < 4.78 is 0. The van der Waals surface area contributed by atoms with E-state index in [1.807, 2.05) is 13.8 Å². The molecule has 0 aromatic carbocycles. The number of rotatable bonds is 8. The first-order valence-corrected chi connectivity index (χ1v) is 10.2. The topological polar surface area (TPSA) is 40.6 Å². The van der Waals surface area contributed by atoms with Gasteiger partial charge in [0.05, 0.1) is 0 Å². The summed E-state index contributed by atoms with van der Waals surface area (Å²) in [5, 5.41) is 0. The van der Waals surface area contributed by atoms with E-state index < -0.39 is 9.67 Å². The molecule has 1 rings (SSSR count). The Bertz CT molecular complexity index is 375. The quantitative estimate of drug-likeness (QED) is 0.555. The Kier molecular flexibility index (Phi) is 10.1. The Labute approximate surface area is 164 Å². The molecule has 1 aliphatic carbocycles. The summed E-state index contributed by atoms with van der Waals surface area (Å²) in [6.45, 7) is 6.47. The van der Waals surface area contributed by atoms with Crippen molar-refractivity contribution in [2.45, 2.75) is 49.2 Å². The summed E-state index contributed by atoms with van der Waals surface area (Å²) in [5.41, 5.74) is 0. The SMILES string of the molecule is CCN(CC1CCC(CN(CC)C(=O)C(Cl)Cl)CC1)C(=O)C(Cl)Cl. The highest BCUT2D eigenvalue weighted by molar-refractivity contribution is 6.53. The van der Waals surface area contributed by atoms with Crippen LogP contribution in [0.5, 0.6) is 0 Å². The molecule has 0 unspecified atom stereocenters. The van der Waals surface area contributed by atoms with Crippen molar-refractivity contribution in [3.8, 4) is 0 Å². The van der Waals surface area contributed by atoms with Crippen LogP contribution in [0.3, 0.4) is 0 Å². The van der Waals surface area contributed by atoms with Gasteiger partial charge in [0.1, 0.15) is 0 Å². The van der Waals surface area contributed by atoms with Crippen LogP contribution in [0.2, 0.25) is 0 Å². The van der Waals surface area contributed by atoms with Crippen molar-refractivity contribution in [3.63, 3.8) is 0 Å². The van der Waals surface area contributed by atoms with Gasteiger partial charge >= 0.3 is 0 Å². The van der Waals surface area contributed by atoms with Crippen LogP contribution < -0.4 is 0 Å². The van der Waals surface area contributed by atoms with Gasteiger partial charge in [-0.2, -0.15) is 0 Å². The van der Waals surface area contributed by atoms with Gasteiger partial charge in [-0.3, -0.25) is 9.59 Å². The van der Waals surface area contributed by atoms with Gasteiger partial charge in [0.15, 0.2) is 9.67 Å². The van der Waals surface area contributed by atoms with E-state index in [-0.39, 0.29) is 11.8 Å². The van der Waals surface area contributed by atoms with E-state index in [2.05, 4.69) is 0 Å². The normalized spacial score (nSPS) is 21.2. The van der Waals surface area contributed by atoms with E-state index in [1.165, 1.54) is 0 Å². The fraction of sp³-hybridized carbons (Fsp3) is 0.875. The maximum atomic E-state index is 11.9. The van der Waals surface area contributed by atoms with E-state index >= 15 is 0 Å². The third-order valence-electron chi connectivity index (χ3n) is 4.68. The molecule has 0 aliphatic heterocycles. The van der Waals surface area contributed by atoms with Crippen molar-refractivity contribution < 1.29 is 9.59 Å². The number of halogens is 4. The number of nitrogens with zero attached hydrogens (tertiary/aromatic N) is 2. The Hall–Kier alpha value is 0.1000. The average molecular weight is 420 g/mol. The highest BCUT2D eigenvalue weighted by Crippen LogP contribution is 2.30. The number of hydrogen-bond donors (Lipinski definition) is 0. The molecule has 0 atom stereocenters. The summed E-state index contributed by atoms with van der Waals surface area (Å²) in [7, 11) is 0. The summed E-state index contributed by atoms with van der Waals surface area (Å²) in [6, 6.07) is 0. The highest BCUT2D eigenvalue weighted by atomic mass is 35.5. The van der Waals surface area contributed by atoms with Gasteiger partial charge in [-0.05, 0) is 51.4 Å². The lowest BCUT2D eigenvalue weighted by Crippen LogP contribution is -2.41. The summed E-state index contributed by atoms with van der Waals surface area (Å²) in [6.07, 6.45) is 4.11. The van der Waals surface area contributed by atoms with Crippen LogP contribution >= 0.6 is 46.4 Å². The van der Waals surface area contributed by atoms with Crippen LogP contribution in [0.15, 0.2) is 0 Å². The Balaban J connectivity index is 2.46. The van der Waals surface area contributed by atoms with E-state index in [4.69, 9.17) is 46.4 Å². The molecule has 1 aliphatic rings. The largest absolute Gasteiger partial charge is 0.340 e. The minimum atomic E-state index is -0.996. The molecule has 0 N–H and O–H groups in total. The monoisotopic (exact) mass is 418 g/mol. The second-order valence-corrected chi connectivity index (χ2v) is 8.43. The molecule has 140 valence electrons. The van der Waals surface area contributed by atoms with Crippen LogP contribution in [0, 0.1) is 11.8 Å². The fourth-order valence-electron chi connectivity index (χ4n) is 3.25. The molecule has 0 spiro atoms. The lowest BCUT2D eigenvalue weighted by Gasteiger charge is -2.35. The molecular formula is C16H26Cl4N2O2. The van der Waals surface area contributed by atoms with Crippen molar-refractivity contribution in [1.29, 1.82) is 0 Å². The first-order chi connectivity index (χ1) is 11.3. The van der Waals surface area contributed by atoms with Crippen molar-refractivity contribution in [2.24, 2.45) is 11.8 Å². The summed E-state index contributed by atoms with van der Waals surface area (Å²) in [4.78, 5) is 25.3. The minimum Gasteiger partial charge on any atom is -0.340 e. The molecule has 0 aromatic heterocycles. The van der Waals surface area contributed by atoms with Crippen molar-refractivity contribution >= 4 is 58.2 Å². The molecule has 0 heterocycles. The number of alkyl halides is 4. The fourth-order valence-corrected chi connectivity index (χ4v) is 3.80. The molecule has 0 radical (unpaired) electrons. The van der Waals surface area contributed by atoms with Crippen molar-refractivity contribution in [2.75, 3.05) is 26.2 Å². The Morgan fingerprint density at radius 1 is 0.792 bits per heavy atom. The van der Waals surface area contributed by atoms with Gasteiger partial charge < -0.3 is 9.80 Å². The number of carbonyl (C=O) groups is 2. The predicted octanol–water partition coefficient (Wildman–Crippen LogP) is 4.10. The van der Waals surface area contributed by atoms with Gasteiger partial charge in [0.25, 0.3) is 11.8 Å². The van der Waals surface area contributed by atoms with Crippen molar-refractivity contribution in [1.82, 2.24) is 9.80 Å². The predicted molar refractivity (Wildman–Crippen MR) is 101 cm³/mol. The molecule has 24 heavy (non-hydrogen) atoms. The van der Waals surface area contributed by atoms with Crippen LogP contribution in [0.4, 0.5) is 0 Å². The zero-order chi connectivity index (χ0) is 18.3. The number of amides is 2. The first kappa shape index (κ1) is 22.1. The molecule has 1 saturated carbocycles. The van der Waals surface area contributed by atoms with Gasteiger partial charge in [0.2, 0.25) is 0 Å². The zero-order valence-electron chi connectivity index (χ0n) is 14.2. The average Bonchev–Trinajstić information content (AvgIpc) is 2.57. The van der Waals surface area contributed by atoms with Crippen molar-refractivity contribution in [3.05, 3.63) is 0 Å². The molecule has 0 aromatic rings. The molecule has 4 nitrogen and oxygen atoms in total. The van der Waals surface area contributed by atoms with Crippen LogP contribution in [-0.2, 0) is 9.59 Å². The lowest BCUT2D eigenvalue weighted by molar-refractivity contribution is -0.131. The van der Waals surface area contributed by atoms with Gasteiger partial charge in [0, 0.05) is 26.2 Å². The van der Waals surface area contributed by atoms with Gasteiger partial charge in [-0.25, -0.2) is 0 Å². The van der Waals surface area contributed by atoms with Gasteiger partial charge in [-0.15, -0.1) is 0 Å². The highest BCUT2D eigenvalue weighted by Gasteiger charge is 2.28. The first-order valence-electron chi connectivity index (χ1n) is 8.43. The molecule has 1 fully saturated rings. The zero-order valence-corrected chi connectivity index (χ0v) is 17.2. The van der Waals surface area contributed by atoms with Crippen LogP contribution in [0.1, 0.15) is 39.5 Å². The second kappa shape index (κ2) is 10.9. The molecular weight excluding hydrogens is 394 g/mol. The lowest BCUT2D eigenvalue weighted by atomic mass is 9.81. The standard InChI is InChI=1S/C16H26Cl4N2O2/c1-3-21(15(23)13(17)18)9-11-5-7-12(8-6-11)10-22(4-2)16(24)14(19)20/h11-14H,3-10H2,1-2H3. The molecule has 2 amide bonds. The summed E-state index contributed by atoms with van der Waals surface area (Å²) >= 11 is 22.7. The van der Waals surface area contributed by atoms with E-state index in [1.54, 1.807) is 9.80 Å². The number of carbonyl (C=O) groups excluding carboxylic acids is 2. The third-order valence-corrected chi connectivity index (χ3v) is 5.43. The number of hydrogen-bond acceptors (Lipinski definition) is 2. The van der Waals surface area contributed by atoms with Crippen LogP contribution in [0.25, 0.3) is 0 Å². The maximum absolute atomic E-state index is 11.9. The molecule has 8 heteroatoms. The van der Waals surface area contributed by atoms with E-state index in [9.17, 15) is 9.59 Å². The Morgan fingerprint density at radius 3 is 1.29 bits per heavy atom. The van der Waals surface area contributed by atoms with Crippen LogP contribution in [-0.4, -0.2) is 57.5 Å². The Morgan fingerprint density at radius 2 is 1.08 bits per heavy atom. The van der Waals surface area contributed by atoms with E-state index in [0.717, 1.165) is 25.7 Å². The van der Waals surface area contributed by atoms with Gasteiger partial charge in [-0.1, -0.05) is 46.4 Å². The maximum Gasteiger partial charge on any atom is 0.255 e. The molecule has 0 saturated heterocycles. The minimum absolute atomic E-state index is 0.221. The third kappa shape index (κ3) is 6.78. The van der Waals surface area contributed by atoms with E-state index in [0.29, 0.717) is 38.0 Å². The second-order valence-electron chi connectivity index (χ2n) is 6.24. The smallest absolute Gasteiger partial charge is 0.255 e. The molecule has 0 bridgehead atoms.